The van der Waals surface area contributed by atoms with Gasteiger partial charge in [0.25, 0.3) is 0 Å². The Balaban J connectivity index is 1.83. The summed E-state index contributed by atoms with van der Waals surface area (Å²) >= 11 is 1.33. The molecule has 9 heteroatoms. The van der Waals surface area contributed by atoms with Crippen LogP contribution in [0.25, 0.3) is 0 Å². The zero-order valence-corrected chi connectivity index (χ0v) is 14.1. The SMILES string of the molecule is COc1ccc(CSCC(=O)NC2CCCNC2=O)cc1[N+](=O)[O-]. The van der Waals surface area contributed by atoms with Crippen molar-refractivity contribution in [2.24, 2.45) is 0 Å². The second-order valence-corrected chi connectivity index (χ2v) is 6.30. The van der Waals surface area contributed by atoms with E-state index in [1.54, 1.807) is 12.1 Å². The molecular formula is C15H19N3O5S. The van der Waals surface area contributed by atoms with Crippen LogP contribution >= 0.6 is 11.8 Å². The van der Waals surface area contributed by atoms with Gasteiger partial charge < -0.3 is 15.4 Å². The van der Waals surface area contributed by atoms with Gasteiger partial charge in [-0.1, -0.05) is 6.07 Å². The molecular weight excluding hydrogens is 334 g/mol. The molecule has 1 aliphatic heterocycles. The van der Waals surface area contributed by atoms with Crippen LogP contribution in [-0.2, 0) is 15.3 Å². The molecule has 1 saturated heterocycles. The Labute approximate surface area is 143 Å². The average Bonchev–Trinajstić information content (AvgIpc) is 2.56. The van der Waals surface area contributed by atoms with Gasteiger partial charge in [0, 0.05) is 18.4 Å². The Morgan fingerprint density at radius 3 is 3.00 bits per heavy atom. The summed E-state index contributed by atoms with van der Waals surface area (Å²) in [7, 11) is 1.38. The van der Waals surface area contributed by atoms with Crippen LogP contribution in [0.15, 0.2) is 18.2 Å². The molecule has 1 atom stereocenters. The van der Waals surface area contributed by atoms with Crippen molar-refractivity contribution in [3.05, 3.63) is 33.9 Å². The normalized spacial score (nSPS) is 17.0. The number of benzene rings is 1. The third-order valence-corrected chi connectivity index (χ3v) is 4.57. The van der Waals surface area contributed by atoms with Crippen LogP contribution in [0.5, 0.6) is 5.75 Å². The summed E-state index contributed by atoms with van der Waals surface area (Å²) in [5.74, 6) is 0.476. The van der Waals surface area contributed by atoms with E-state index in [0.29, 0.717) is 18.7 Å². The van der Waals surface area contributed by atoms with Gasteiger partial charge in [0.15, 0.2) is 5.75 Å². The number of rotatable bonds is 7. The first-order valence-corrected chi connectivity index (χ1v) is 8.63. The van der Waals surface area contributed by atoms with Gasteiger partial charge in [0.05, 0.1) is 17.8 Å². The summed E-state index contributed by atoms with van der Waals surface area (Å²) in [4.78, 5) is 33.9. The first-order valence-electron chi connectivity index (χ1n) is 7.47. The third kappa shape index (κ3) is 4.85. The van der Waals surface area contributed by atoms with Crippen LogP contribution in [0.1, 0.15) is 18.4 Å². The Morgan fingerprint density at radius 2 is 2.33 bits per heavy atom. The molecule has 2 N–H and O–H groups in total. The molecule has 24 heavy (non-hydrogen) atoms. The van der Waals surface area contributed by atoms with Crippen LogP contribution in [-0.4, -0.2) is 42.2 Å². The lowest BCUT2D eigenvalue weighted by molar-refractivity contribution is -0.385. The summed E-state index contributed by atoms with van der Waals surface area (Å²) in [6, 6.07) is 4.25. The number of methoxy groups -OCH3 is 1. The van der Waals surface area contributed by atoms with Gasteiger partial charge in [-0.2, -0.15) is 0 Å². The van der Waals surface area contributed by atoms with E-state index >= 15 is 0 Å². The highest BCUT2D eigenvalue weighted by molar-refractivity contribution is 7.99. The van der Waals surface area contributed by atoms with E-state index in [1.807, 2.05) is 0 Å². The van der Waals surface area contributed by atoms with Crippen LogP contribution < -0.4 is 15.4 Å². The van der Waals surface area contributed by atoms with E-state index in [-0.39, 0.29) is 29.0 Å². The number of thioether (sulfide) groups is 1. The minimum Gasteiger partial charge on any atom is -0.490 e. The summed E-state index contributed by atoms with van der Waals surface area (Å²) < 4.78 is 4.95. The van der Waals surface area contributed by atoms with Crippen molar-refractivity contribution in [2.75, 3.05) is 19.4 Å². The van der Waals surface area contributed by atoms with Crippen molar-refractivity contribution in [2.45, 2.75) is 24.6 Å². The molecule has 2 amide bonds. The van der Waals surface area contributed by atoms with Crippen LogP contribution in [0, 0.1) is 10.1 Å². The molecule has 1 fully saturated rings. The number of hydrogen-bond acceptors (Lipinski definition) is 6. The van der Waals surface area contributed by atoms with E-state index in [0.717, 1.165) is 12.0 Å². The number of hydrogen-bond donors (Lipinski definition) is 2. The highest BCUT2D eigenvalue weighted by Crippen LogP contribution is 2.28. The number of nitro groups is 1. The van der Waals surface area contributed by atoms with E-state index in [2.05, 4.69) is 10.6 Å². The van der Waals surface area contributed by atoms with Crippen molar-refractivity contribution in [3.63, 3.8) is 0 Å². The summed E-state index contributed by atoms with van der Waals surface area (Å²) in [5, 5.41) is 16.4. The quantitative estimate of drug-likeness (QED) is 0.563. The molecule has 0 spiro atoms. The Kier molecular flexibility index (Phi) is 6.42. The maximum atomic E-state index is 11.9. The van der Waals surface area contributed by atoms with Gasteiger partial charge in [0.2, 0.25) is 11.8 Å². The molecule has 0 aromatic heterocycles. The Bertz CT molecular complexity index is 638. The van der Waals surface area contributed by atoms with E-state index in [4.69, 9.17) is 4.74 Å². The third-order valence-electron chi connectivity index (χ3n) is 3.56. The first kappa shape index (κ1) is 18.1. The molecule has 1 aromatic carbocycles. The van der Waals surface area contributed by atoms with E-state index in [1.165, 1.54) is 24.9 Å². The maximum Gasteiger partial charge on any atom is 0.311 e. The summed E-state index contributed by atoms with van der Waals surface area (Å²) in [6.45, 7) is 0.649. The molecule has 1 unspecified atom stereocenters. The smallest absolute Gasteiger partial charge is 0.311 e. The van der Waals surface area contributed by atoms with Gasteiger partial charge in [-0.05, 0) is 24.5 Å². The standard InChI is InChI=1S/C15H19N3O5S/c1-23-13-5-4-10(7-12(13)18(21)22)8-24-9-14(19)17-11-3-2-6-16-15(11)20/h4-5,7,11H,2-3,6,8-9H2,1H3,(H,16,20)(H,17,19). The van der Waals surface area contributed by atoms with Crippen molar-refractivity contribution in [1.82, 2.24) is 10.6 Å². The average molecular weight is 353 g/mol. The van der Waals surface area contributed by atoms with Crippen molar-refractivity contribution >= 4 is 29.3 Å². The number of piperidine rings is 1. The lowest BCUT2D eigenvalue weighted by Gasteiger charge is -2.22. The molecule has 2 rings (SSSR count). The topological polar surface area (TPSA) is 111 Å². The van der Waals surface area contributed by atoms with E-state index < -0.39 is 11.0 Å². The first-order chi connectivity index (χ1) is 11.5. The predicted molar refractivity (Wildman–Crippen MR) is 90.0 cm³/mol. The molecule has 0 aliphatic carbocycles. The zero-order chi connectivity index (χ0) is 17.5. The number of amides is 2. The number of nitrogens with one attached hydrogen (secondary N) is 2. The van der Waals surface area contributed by atoms with Crippen molar-refractivity contribution in [3.8, 4) is 5.75 Å². The Morgan fingerprint density at radius 1 is 1.54 bits per heavy atom. The lowest BCUT2D eigenvalue weighted by Crippen LogP contribution is -2.50. The van der Waals surface area contributed by atoms with Gasteiger partial charge in [-0.25, -0.2) is 0 Å². The molecule has 130 valence electrons. The number of nitro benzene ring substituents is 1. The largest absolute Gasteiger partial charge is 0.490 e. The number of carbonyl (C=O) groups is 2. The molecule has 8 nitrogen and oxygen atoms in total. The van der Waals surface area contributed by atoms with Gasteiger partial charge in [-0.3, -0.25) is 19.7 Å². The number of nitrogens with zero attached hydrogens (tertiary/aromatic N) is 1. The maximum absolute atomic E-state index is 11.9. The minimum absolute atomic E-state index is 0.0982. The van der Waals surface area contributed by atoms with E-state index in [9.17, 15) is 19.7 Å². The second-order valence-electron chi connectivity index (χ2n) is 5.31. The second kappa shape index (κ2) is 8.53. The molecule has 1 aromatic rings. The van der Waals surface area contributed by atoms with Gasteiger partial charge >= 0.3 is 5.69 Å². The number of carbonyl (C=O) groups excluding carboxylic acids is 2. The summed E-state index contributed by atoms with van der Waals surface area (Å²) in [5.41, 5.74) is 0.634. The Hall–Kier alpha value is -2.29. The highest BCUT2D eigenvalue weighted by Gasteiger charge is 2.23. The van der Waals surface area contributed by atoms with Crippen LogP contribution in [0.4, 0.5) is 5.69 Å². The molecule has 1 heterocycles. The minimum atomic E-state index is -0.499. The monoisotopic (exact) mass is 353 g/mol. The van der Waals surface area contributed by atoms with Crippen LogP contribution in [0.2, 0.25) is 0 Å². The molecule has 0 bridgehead atoms. The molecule has 0 saturated carbocycles. The molecule has 0 radical (unpaired) electrons. The zero-order valence-electron chi connectivity index (χ0n) is 13.2. The molecule has 1 aliphatic rings. The van der Waals surface area contributed by atoms with Gasteiger partial charge in [0.1, 0.15) is 6.04 Å². The fraction of sp³-hybridized carbons (Fsp3) is 0.467. The summed E-state index contributed by atoms with van der Waals surface area (Å²) in [6.07, 6.45) is 1.49. The fourth-order valence-electron chi connectivity index (χ4n) is 2.38. The fourth-order valence-corrected chi connectivity index (χ4v) is 3.16. The van der Waals surface area contributed by atoms with Crippen molar-refractivity contribution < 1.29 is 19.2 Å². The number of ether oxygens (including phenoxy) is 1. The predicted octanol–water partition coefficient (Wildman–Crippen LogP) is 1.23. The lowest BCUT2D eigenvalue weighted by atomic mass is 10.1. The van der Waals surface area contributed by atoms with Crippen LogP contribution in [0.3, 0.4) is 0 Å². The highest BCUT2D eigenvalue weighted by atomic mass is 32.2. The van der Waals surface area contributed by atoms with Gasteiger partial charge in [-0.15, -0.1) is 11.8 Å². The van der Waals surface area contributed by atoms with Crippen molar-refractivity contribution in [1.29, 1.82) is 0 Å².